The standard InChI is InChI=1S/C43H48ClFN10O7S/c1-51(63(2,60)61)34-8-4-3-7-32(34)48-39-30(44)25-46-43(50-39)47-28-10-11-33(31(45)24-28)54-20-18-53(19-21-54)26-27-14-16-52(17-15-27)22-23-62-36-9-5-6-29-38(36)42(59)55(41(29)58)35-12-13-37(56)49-40(35)57/h3-11,24-25,27,35H,12-23,26H2,1-2H3,(H,49,56,57)(H2,46,47,48,50). The molecule has 1 aromatic heterocycles. The number of ether oxygens (including phenoxy) is 1. The average Bonchev–Trinajstić information content (AvgIpc) is 3.51. The Kier molecular flexibility index (Phi) is 12.8. The van der Waals surface area contributed by atoms with Crippen LogP contribution in [-0.2, 0) is 19.6 Å². The van der Waals surface area contributed by atoms with Crippen molar-refractivity contribution in [2.75, 3.05) is 92.1 Å². The van der Waals surface area contributed by atoms with Gasteiger partial charge in [0.05, 0.1) is 40.6 Å². The molecule has 3 saturated heterocycles. The monoisotopic (exact) mass is 902 g/mol. The first-order valence-electron chi connectivity index (χ1n) is 20.8. The van der Waals surface area contributed by atoms with Crippen LogP contribution in [0.15, 0.2) is 66.9 Å². The number of fused-ring (bicyclic) bond motifs is 1. The minimum Gasteiger partial charge on any atom is -0.491 e. The minimum atomic E-state index is -3.53. The highest BCUT2D eigenvalue weighted by Gasteiger charge is 2.46. The van der Waals surface area contributed by atoms with Gasteiger partial charge >= 0.3 is 0 Å². The van der Waals surface area contributed by atoms with Gasteiger partial charge in [-0.25, -0.2) is 17.8 Å². The lowest BCUT2D eigenvalue weighted by atomic mass is 9.96. The van der Waals surface area contributed by atoms with E-state index in [4.69, 9.17) is 16.3 Å². The number of imide groups is 2. The second kappa shape index (κ2) is 18.4. The van der Waals surface area contributed by atoms with Crippen molar-refractivity contribution in [1.29, 1.82) is 0 Å². The molecule has 0 spiro atoms. The molecule has 4 amide bonds. The summed E-state index contributed by atoms with van der Waals surface area (Å²) < 4.78 is 47.2. The summed E-state index contributed by atoms with van der Waals surface area (Å²) in [5.41, 5.74) is 2.19. The first kappa shape index (κ1) is 43.7. The molecule has 4 aliphatic heterocycles. The molecule has 63 heavy (non-hydrogen) atoms. The highest BCUT2D eigenvalue weighted by atomic mass is 35.5. The molecule has 20 heteroatoms. The van der Waals surface area contributed by atoms with E-state index in [1.54, 1.807) is 54.6 Å². The van der Waals surface area contributed by atoms with Crippen LogP contribution in [0.1, 0.15) is 46.4 Å². The molecule has 17 nitrogen and oxygen atoms in total. The number of nitrogens with one attached hydrogen (secondary N) is 3. The maximum atomic E-state index is 15.6. The van der Waals surface area contributed by atoms with Crippen molar-refractivity contribution in [3.8, 4) is 5.75 Å². The number of benzene rings is 3. The van der Waals surface area contributed by atoms with Crippen LogP contribution in [0.3, 0.4) is 0 Å². The number of rotatable bonds is 14. The normalized spacial score (nSPS) is 19.0. The van der Waals surface area contributed by atoms with Gasteiger partial charge in [-0.15, -0.1) is 0 Å². The first-order valence-corrected chi connectivity index (χ1v) is 23.0. The van der Waals surface area contributed by atoms with E-state index in [0.29, 0.717) is 60.7 Å². The zero-order chi connectivity index (χ0) is 44.4. The third-order valence-electron chi connectivity index (χ3n) is 12.0. The fourth-order valence-corrected chi connectivity index (χ4v) is 9.12. The Morgan fingerprint density at radius 2 is 1.68 bits per heavy atom. The molecule has 0 radical (unpaired) electrons. The molecule has 3 aromatic carbocycles. The number of nitrogens with zero attached hydrogens (tertiary/aromatic N) is 7. The molecule has 8 rings (SSSR count). The van der Waals surface area contributed by atoms with E-state index in [9.17, 15) is 27.6 Å². The van der Waals surface area contributed by atoms with Crippen LogP contribution in [0.5, 0.6) is 5.75 Å². The van der Waals surface area contributed by atoms with Crippen molar-refractivity contribution in [1.82, 2.24) is 30.0 Å². The topological polar surface area (TPSA) is 190 Å². The lowest BCUT2D eigenvalue weighted by molar-refractivity contribution is -0.136. The van der Waals surface area contributed by atoms with Gasteiger partial charge in [0.1, 0.15) is 29.2 Å². The van der Waals surface area contributed by atoms with E-state index in [1.807, 2.05) is 0 Å². The lowest BCUT2D eigenvalue weighted by Crippen LogP contribution is -2.54. The molecule has 3 fully saturated rings. The van der Waals surface area contributed by atoms with Crippen molar-refractivity contribution in [3.05, 3.63) is 88.8 Å². The van der Waals surface area contributed by atoms with E-state index in [2.05, 4.69) is 40.6 Å². The molecule has 5 heterocycles. The fourth-order valence-electron chi connectivity index (χ4n) is 8.46. The number of piperazine rings is 1. The van der Waals surface area contributed by atoms with Gasteiger partial charge in [-0.2, -0.15) is 4.98 Å². The first-order chi connectivity index (χ1) is 30.2. The number of sulfonamides is 1. The molecule has 0 aliphatic carbocycles. The van der Waals surface area contributed by atoms with Crippen LogP contribution >= 0.6 is 11.6 Å². The summed E-state index contributed by atoms with van der Waals surface area (Å²) in [6, 6.07) is 15.6. The molecular weight excluding hydrogens is 855 g/mol. The molecule has 0 saturated carbocycles. The van der Waals surface area contributed by atoms with E-state index >= 15 is 4.39 Å². The van der Waals surface area contributed by atoms with E-state index in [1.165, 1.54) is 19.3 Å². The molecular formula is C43H48ClFN10O7S. The third kappa shape index (κ3) is 9.70. The van der Waals surface area contributed by atoms with Crippen LogP contribution in [0.2, 0.25) is 5.02 Å². The summed E-state index contributed by atoms with van der Waals surface area (Å²) >= 11 is 6.40. The Hall–Kier alpha value is -5.89. The number of para-hydroxylation sites is 2. The van der Waals surface area contributed by atoms with Crippen molar-refractivity contribution >= 4 is 79.8 Å². The zero-order valence-corrected chi connectivity index (χ0v) is 36.4. The zero-order valence-electron chi connectivity index (χ0n) is 34.9. The van der Waals surface area contributed by atoms with Gasteiger partial charge in [0.25, 0.3) is 11.8 Å². The van der Waals surface area contributed by atoms with Gasteiger partial charge in [-0.3, -0.25) is 43.5 Å². The average molecular weight is 903 g/mol. The number of anilines is 6. The number of piperidine rings is 2. The maximum Gasteiger partial charge on any atom is 0.266 e. The summed E-state index contributed by atoms with van der Waals surface area (Å²) in [5.74, 6) is -1.35. The highest BCUT2D eigenvalue weighted by Crippen LogP contribution is 2.35. The Morgan fingerprint density at radius 3 is 2.41 bits per heavy atom. The summed E-state index contributed by atoms with van der Waals surface area (Å²) in [6.45, 7) is 6.77. The number of likely N-dealkylation sites (tertiary alicyclic amines) is 1. The van der Waals surface area contributed by atoms with Crippen molar-refractivity contribution in [3.63, 3.8) is 0 Å². The Morgan fingerprint density at radius 1 is 0.921 bits per heavy atom. The Labute approximate surface area is 369 Å². The van der Waals surface area contributed by atoms with Crippen LogP contribution in [-0.4, -0.2) is 135 Å². The Balaban J connectivity index is 0.778. The molecule has 3 N–H and O–H groups in total. The summed E-state index contributed by atoms with van der Waals surface area (Å²) in [4.78, 5) is 67.1. The second-order valence-electron chi connectivity index (χ2n) is 16.1. The van der Waals surface area contributed by atoms with Gasteiger partial charge in [0, 0.05) is 58.4 Å². The smallest absolute Gasteiger partial charge is 0.266 e. The number of carbonyl (C=O) groups is 4. The highest BCUT2D eigenvalue weighted by molar-refractivity contribution is 7.92. The Bertz CT molecular complexity index is 2540. The summed E-state index contributed by atoms with van der Waals surface area (Å²) in [5, 5.41) is 8.56. The van der Waals surface area contributed by atoms with E-state index in [0.717, 1.165) is 61.0 Å². The summed E-state index contributed by atoms with van der Waals surface area (Å²) in [6.07, 6.45) is 4.72. The van der Waals surface area contributed by atoms with Crippen molar-refractivity contribution < 1.29 is 36.7 Å². The SMILES string of the molecule is CN(c1ccccc1Nc1nc(Nc2ccc(N3CCN(CC4CCN(CCOc5cccc6c5C(=O)N(C5CCC(=O)NC5=O)C6=O)CC4)CC3)c(F)c2)ncc1Cl)S(C)(=O)=O. The third-order valence-corrected chi connectivity index (χ3v) is 13.4. The number of hydrogen-bond acceptors (Lipinski definition) is 14. The number of aromatic nitrogens is 2. The maximum absolute atomic E-state index is 15.6. The number of hydrogen-bond donors (Lipinski definition) is 3. The lowest BCUT2D eigenvalue weighted by Gasteiger charge is -2.39. The second-order valence-corrected chi connectivity index (χ2v) is 18.5. The van der Waals surface area contributed by atoms with Crippen molar-refractivity contribution in [2.45, 2.75) is 31.7 Å². The number of halogens is 2. The molecule has 4 aromatic rings. The quantitative estimate of drug-likeness (QED) is 0.150. The van der Waals surface area contributed by atoms with Crippen LogP contribution in [0.25, 0.3) is 0 Å². The minimum absolute atomic E-state index is 0.0546. The number of carbonyl (C=O) groups excluding carboxylic acids is 4. The van der Waals surface area contributed by atoms with Crippen LogP contribution in [0.4, 0.5) is 38.9 Å². The fraction of sp³-hybridized carbons (Fsp3) is 0.395. The van der Waals surface area contributed by atoms with Gasteiger partial charge in [0.15, 0.2) is 5.82 Å². The molecule has 4 aliphatic rings. The summed E-state index contributed by atoms with van der Waals surface area (Å²) in [7, 11) is -2.07. The molecule has 1 unspecified atom stereocenters. The van der Waals surface area contributed by atoms with Crippen molar-refractivity contribution in [2.24, 2.45) is 5.92 Å². The van der Waals surface area contributed by atoms with Crippen LogP contribution < -0.4 is 29.9 Å². The van der Waals surface area contributed by atoms with Gasteiger partial charge < -0.3 is 20.3 Å². The van der Waals surface area contributed by atoms with Crippen LogP contribution in [0, 0.1) is 11.7 Å². The molecule has 1 atom stereocenters. The van der Waals surface area contributed by atoms with Gasteiger partial charge in [-0.05, 0) is 80.7 Å². The molecule has 0 bridgehead atoms. The van der Waals surface area contributed by atoms with E-state index in [-0.39, 0.29) is 46.6 Å². The van der Waals surface area contributed by atoms with E-state index < -0.39 is 39.7 Å². The predicted molar refractivity (Wildman–Crippen MR) is 236 cm³/mol. The van der Waals surface area contributed by atoms with Gasteiger partial charge in [-0.1, -0.05) is 29.8 Å². The largest absolute Gasteiger partial charge is 0.491 e. The van der Waals surface area contributed by atoms with Gasteiger partial charge in [0.2, 0.25) is 27.8 Å². The predicted octanol–water partition coefficient (Wildman–Crippen LogP) is 4.47. The molecule has 332 valence electrons. The number of amides is 4.